The lowest BCUT2D eigenvalue weighted by atomic mass is 10.0. The topological polar surface area (TPSA) is 139 Å². The highest BCUT2D eigenvalue weighted by Crippen LogP contribution is 2.25. The predicted octanol–water partition coefficient (Wildman–Crippen LogP) is 1.81. The number of hydrogen-bond donors (Lipinski definition) is 2. The molecule has 3 aromatic rings. The van der Waals surface area contributed by atoms with Gasteiger partial charge < -0.3 is 19.6 Å². The third kappa shape index (κ3) is 3.56. The van der Waals surface area contributed by atoms with E-state index in [1.165, 1.54) is 11.0 Å². The molecule has 2 atom stereocenters. The van der Waals surface area contributed by atoms with Gasteiger partial charge in [0.15, 0.2) is 5.76 Å². The van der Waals surface area contributed by atoms with Crippen molar-refractivity contribution in [1.29, 1.82) is 0 Å². The Hall–Kier alpha value is -3.89. The number of rotatable bonds is 5. The van der Waals surface area contributed by atoms with E-state index in [-0.39, 0.29) is 30.2 Å². The van der Waals surface area contributed by atoms with E-state index in [0.717, 1.165) is 17.2 Å². The van der Waals surface area contributed by atoms with Crippen LogP contribution in [-0.4, -0.2) is 55.5 Å². The van der Waals surface area contributed by atoms with Crippen molar-refractivity contribution < 1.29 is 18.9 Å². The zero-order chi connectivity index (χ0) is 21.4. The molecule has 11 heteroatoms. The number of likely N-dealkylation sites (tertiary alicyclic amines) is 1. The van der Waals surface area contributed by atoms with E-state index in [9.17, 15) is 19.7 Å². The molecule has 1 saturated heterocycles. The largest absolute Gasteiger partial charge is 0.433 e. The molecule has 156 valence electrons. The van der Waals surface area contributed by atoms with Gasteiger partial charge in [0.25, 0.3) is 11.8 Å². The summed E-state index contributed by atoms with van der Waals surface area (Å²) in [6, 6.07) is 2.18. The first-order valence-electron chi connectivity index (χ1n) is 9.33. The van der Waals surface area contributed by atoms with Crippen molar-refractivity contribution in [3.05, 3.63) is 58.4 Å². The molecule has 3 aromatic heterocycles. The average molecular weight is 412 g/mol. The van der Waals surface area contributed by atoms with Crippen LogP contribution in [0.3, 0.4) is 0 Å². The molecule has 1 aliphatic rings. The highest BCUT2D eigenvalue weighted by molar-refractivity contribution is 6.01. The number of amides is 2. The molecular formula is C19H20N6O5. The normalized spacial score (nSPS) is 18.5. The van der Waals surface area contributed by atoms with Crippen molar-refractivity contribution in [2.45, 2.75) is 13.0 Å². The summed E-state index contributed by atoms with van der Waals surface area (Å²) in [6.45, 7) is 2.62. The smallest absolute Gasteiger partial charge is 0.395 e. The lowest BCUT2D eigenvalue weighted by Crippen LogP contribution is -2.40. The summed E-state index contributed by atoms with van der Waals surface area (Å²) in [6.07, 6.45) is 6.87. The summed E-state index contributed by atoms with van der Waals surface area (Å²) < 4.78 is 6.67. The number of hydrogen-bond acceptors (Lipinski definition) is 6. The first kappa shape index (κ1) is 19.4. The minimum absolute atomic E-state index is 0.00336. The number of nitrogens with one attached hydrogen (secondary N) is 2. The van der Waals surface area contributed by atoms with E-state index in [2.05, 4.69) is 15.4 Å². The average Bonchev–Trinajstić information content (AvgIpc) is 3.48. The van der Waals surface area contributed by atoms with Crippen LogP contribution in [0.15, 0.2) is 41.3 Å². The van der Waals surface area contributed by atoms with Crippen LogP contribution in [0.2, 0.25) is 0 Å². The number of aryl methyl sites for hydroxylation is 1. The van der Waals surface area contributed by atoms with Crippen molar-refractivity contribution in [2.24, 2.45) is 13.0 Å². The van der Waals surface area contributed by atoms with Crippen molar-refractivity contribution in [1.82, 2.24) is 25.0 Å². The van der Waals surface area contributed by atoms with Crippen LogP contribution in [0.4, 0.5) is 5.88 Å². The van der Waals surface area contributed by atoms with Gasteiger partial charge in [0.1, 0.15) is 4.92 Å². The first-order chi connectivity index (χ1) is 14.3. The van der Waals surface area contributed by atoms with Gasteiger partial charge in [0.05, 0.1) is 23.9 Å². The van der Waals surface area contributed by atoms with Crippen LogP contribution in [0.1, 0.15) is 27.8 Å². The quantitative estimate of drug-likeness (QED) is 0.484. The van der Waals surface area contributed by atoms with E-state index < -0.39 is 16.7 Å². The SMILES string of the molecule is C[C@H]1CN(C(=O)c2ccc([N+](=O)[O-])o2)C[C@H]1NC(=O)c1c[nH]cc1-c1cnn(C)c1. The Balaban J connectivity index is 1.44. The summed E-state index contributed by atoms with van der Waals surface area (Å²) in [4.78, 5) is 40.0. The molecule has 0 saturated carbocycles. The van der Waals surface area contributed by atoms with E-state index in [0.29, 0.717) is 12.1 Å². The molecule has 11 nitrogen and oxygen atoms in total. The predicted molar refractivity (Wildman–Crippen MR) is 105 cm³/mol. The molecule has 1 fully saturated rings. The number of aromatic amines is 1. The highest BCUT2D eigenvalue weighted by atomic mass is 16.6. The lowest BCUT2D eigenvalue weighted by Gasteiger charge is -2.17. The number of nitrogens with zero attached hydrogens (tertiary/aromatic N) is 4. The van der Waals surface area contributed by atoms with Gasteiger partial charge >= 0.3 is 5.88 Å². The molecule has 0 unspecified atom stereocenters. The maximum atomic E-state index is 12.9. The molecule has 0 bridgehead atoms. The van der Waals surface area contributed by atoms with Crippen molar-refractivity contribution in [3.63, 3.8) is 0 Å². The van der Waals surface area contributed by atoms with Gasteiger partial charge in [0, 0.05) is 49.9 Å². The summed E-state index contributed by atoms with van der Waals surface area (Å²) in [7, 11) is 1.80. The molecule has 2 amide bonds. The van der Waals surface area contributed by atoms with Crippen LogP contribution < -0.4 is 5.32 Å². The third-order valence-electron chi connectivity index (χ3n) is 5.20. The second-order valence-corrected chi connectivity index (χ2v) is 7.35. The van der Waals surface area contributed by atoms with Crippen LogP contribution >= 0.6 is 0 Å². The van der Waals surface area contributed by atoms with Gasteiger partial charge in [-0.1, -0.05) is 6.92 Å². The monoisotopic (exact) mass is 412 g/mol. The Morgan fingerprint density at radius 2 is 2.13 bits per heavy atom. The Morgan fingerprint density at radius 1 is 1.33 bits per heavy atom. The van der Waals surface area contributed by atoms with Crippen molar-refractivity contribution in [3.8, 4) is 11.1 Å². The third-order valence-corrected chi connectivity index (χ3v) is 5.20. The zero-order valence-electron chi connectivity index (χ0n) is 16.4. The molecule has 2 N–H and O–H groups in total. The first-order valence-corrected chi connectivity index (χ1v) is 9.33. The summed E-state index contributed by atoms with van der Waals surface area (Å²) in [5.41, 5.74) is 2.04. The second kappa shape index (κ2) is 7.50. The van der Waals surface area contributed by atoms with E-state index in [1.807, 2.05) is 13.1 Å². The Labute approximate surface area is 170 Å². The lowest BCUT2D eigenvalue weighted by molar-refractivity contribution is -0.402. The molecule has 0 aliphatic carbocycles. The Morgan fingerprint density at radius 3 is 2.80 bits per heavy atom. The number of nitro groups is 1. The Kier molecular flexibility index (Phi) is 4.86. The minimum Gasteiger partial charge on any atom is -0.395 e. The molecule has 1 aliphatic heterocycles. The van der Waals surface area contributed by atoms with Crippen LogP contribution in [-0.2, 0) is 7.05 Å². The summed E-state index contributed by atoms with van der Waals surface area (Å²) in [5, 5.41) is 17.9. The molecule has 4 heterocycles. The standard InChI is InChI=1S/C19H20N6O5/c1-11-8-24(19(27)16-3-4-17(30-16)25(28)29)10-15(11)22-18(26)14-7-20-6-13(14)12-5-21-23(2)9-12/h3-7,9,11,15,20H,8,10H2,1-2H3,(H,22,26)/t11-,15+/m0/s1. The Bertz CT molecular complexity index is 1110. The molecule has 0 aromatic carbocycles. The number of furan rings is 1. The summed E-state index contributed by atoms with van der Waals surface area (Å²) in [5.74, 6) is -1.26. The second-order valence-electron chi connectivity index (χ2n) is 7.35. The fourth-order valence-electron chi connectivity index (χ4n) is 3.61. The van der Waals surface area contributed by atoms with Gasteiger partial charge in [-0.2, -0.15) is 5.10 Å². The van der Waals surface area contributed by atoms with Crippen LogP contribution in [0.25, 0.3) is 11.1 Å². The van der Waals surface area contributed by atoms with Crippen molar-refractivity contribution in [2.75, 3.05) is 13.1 Å². The van der Waals surface area contributed by atoms with Gasteiger partial charge in [-0.15, -0.1) is 0 Å². The van der Waals surface area contributed by atoms with Gasteiger partial charge in [-0.25, -0.2) is 0 Å². The number of carbonyl (C=O) groups is 2. The number of aromatic nitrogens is 3. The fourth-order valence-corrected chi connectivity index (χ4v) is 3.61. The van der Waals surface area contributed by atoms with E-state index in [1.54, 1.807) is 30.3 Å². The minimum atomic E-state index is -0.691. The van der Waals surface area contributed by atoms with Crippen molar-refractivity contribution >= 4 is 17.7 Å². The highest BCUT2D eigenvalue weighted by Gasteiger charge is 2.35. The molecule has 4 rings (SSSR count). The number of carbonyl (C=O) groups excluding carboxylic acids is 2. The molecule has 30 heavy (non-hydrogen) atoms. The fraction of sp³-hybridized carbons (Fsp3) is 0.316. The maximum Gasteiger partial charge on any atom is 0.433 e. The maximum absolute atomic E-state index is 12.9. The molecule has 0 spiro atoms. The van der Waals surface area contributed by atoms with E-state index >= 15 is 0 Å². The molecular weight excluding hydrogens is 392 g/mol. The van der Waals surface area contributed by atoms with E-state index in [4.69, 9.17) is 4.42 Å². The van der Waals surface area contributed by atoms with Gasteiger partial charge in [0.2, 0.25) is 0 Å². The molecule has 0 radical (unpaired) electrons. The van der Waals surface area contributed by atoms with Crippen LogP contribution in [0.5, 0.6) is 0 Å². The number of H-pyrrole nitrogens is 1. The zero-order valence-corrected chi connectivity index (χ0v) is 16.4. The van der Waals surface area contributed by atoms with Gasteiger partial charge in [-0.05, 0) is 12.0 Å². The summed E-state index contributed by atoms with van der Waals surface area (Å²) >= 11 is 0. The van der Waals surface area contributed by atoms with Crippen LogP contribution in [0, 0.1) is 16.0 Å². The van der Waals surface area contributed by atoms with Gasteiger partial charge in [-0.3, -0.25) is 24.4 Å².